The van der Waals surface area contributed by atoms with Crippen LogP contribution in [-0.2, 0) is 0 Å². The van der Waals surface area contributed by atoms with Gasteiger partial charge < -0.3 is 10.2 Å². The van der Waals surface area contributed by atoms with Crippen molar-refractivity contribution in [2.75, 3.05) is 25.5 Å². The average molecular weight is 302 g/mol. The Bertz CT molecular complexity index is 386. The third kappa shape index (κ3) is 3.39. The molecule has 1 aromatic rings. The van der Waals surface area contributed by atoms with Gasteiger partial charge in [0.25, 0.3) is 0 Å². The number of nitrogens with one attached hydrogen (secondary N) is 1. The predicted octanol–water partition coefficient (Wildman–Crippen LogP) is 2.88. The Balaban J connectivity index is 1.92. The highest BCUT2D eigenvalue weighted by atomic mass is 79.9. The van der Waals surface area contributed by atoms with E-state index in [1.165, 1.54) is 25.3 Å². The summed E-state index contributed by atoms with van der Waals surface area (Å²) in [5.41, 5.74) is 0. The minimum Gasteiger partial charge on any atom is -0.366 e. The zero-order valence-electron chi connectivity index (χ0n) is 9.92. The molecule has 2 rings (SSSR count). The summed E-state index contributed by atoms with van der Waals surface area (Å²) in [6, 6.07) is 1.91. The van der Waals surface area contributed by atoms with Gasteiger partial charge in [-0.3, -0.25) is 0 Å². The summed E-state index contributed by atoms with van der Waals surface area (Å²) >= 11 is 3.20. The zero-order chi connectivity index (χ0) is 12.3. The molecule has 1 N–H and O–H groups in total. The van der Waals surface area contributed by atoms with Crippen LogP contribution in [0.25, 0.3) is 0 Å². The molecular weight excluding hydrogens is 285 g/mol. The van der Waals surface area contributed by atoms with Crippen LogP contribution in [0.1, 0.15) is 19.3 Å². The van der Waals surface area contributed by atoms with Gasteiger partial charge in [-0.15, -0.1) is 0 Å². The third-order valence-electron chi connectivity index (χ3n) is 3.23. The first kappa shape index (κ1) is 12.8. The third-order valence-corrected chi connectivity index (χ3v) is 3.67. The highest BCUT2D eigenvalue weighted by Gasteiger charge is 2.18. The van der Waals surface area contributed by atoms with E-state index in [9.17, 15) is 4.39 Å². The van der Waals surface area contributed by atoms with Crippen LogP contribution in [0.2, 0.25) is 0 Å². The number of likely N-dealkylation sites (tertiary alicyclic amines) is 1. The molecule has 1 aromatic heterocycles. The van der Waals surface area contributed by atoms with Gasteiger partial charge in [0.2, 0.25) is 0 Å². The Morgan fingerprint density at radius 1 is 1.59 bits per heavy atom. The van der Waals surface area contributed by atoms with Crippen molar-refractivity contribution < 1.29 is 4.39 Å². The van der Waals surface area contributed by atoms with E-state index in [-0.39, 0.29) is 5.82 Å². The van der Waals surface area contributed by atoms with Crippen molar-refractivity contribution in [3.8, 4) is 0 Å². The lowest BCUT2D eigenvalue weighted by Crippen LogP contribution is -2.40. The number of anilines is 1. The maximum atomic E-state index is 13.5. The van der Waals surface area contributed by atoms with Crippen LogP contribution in [-0.4, -0.2) is 36.1 Å². The lowest BCUT2D eigenvalue weighted by Gasteiger charge is -2.32. The number of hydrogen-bond donors (Lipinski definition) is 1. The Morgan fingerprint density at radius 2 is 2.41 bits per heavy atom. The molecule has 0 aromatic carbocycles. The fourth-order valence-electron chi connectivity index (χ4n) is 2.16. The van der Waals surface area contributed by atoms with Crippen molar-refractivity contribution in [3.63, 3.8) is 0 Å². The molecule has 0 bridgehead atoms. The summed E-state index contributed by atoms with van der Waals surface area (Å²) in [4.78, 5) is 6.36. The van der Waals surface area contributed by atoms with Gasteiger partial charge in [-0.25, -0.2) is 9.37 Å². The van der Waals surface area contributed by atoms with Crippen molar-refractivity contribution in [1.82, 2.24) is 9.88 Å². The van der Waals surface area contributed by atoms with Crippen molar-refractivity contribution in [3.05, 3.63) is 22.6 Å². The van der Waals surface area contributed by atoms with Crippen molar-refractivity contribution in [2.24, 2.45) is 0 Å². The van der Waals surface area contributed by atoms with Crippen LogP contribution in [0.5, 0.6) is 0 Å². The van der Waals surface area contributed by atoms with Gasteiger partial charge in [-0.1, -0.05) is 6.42 Å². The predicted molar refractivity (Wildman–Crippen MR) is 70.7 cm³/mol. The molecule has 1 saturated heterocycles. The van der Waals surface area contributed by atoms with E-state index in [1.54, 1.807) is 6.20 Å². The van der Waals surface area contributed by atoms with Gasteiger partial charge in [0.05, 0.1) is 0 Å². The van der Waals surface area contributed by atoms with E-state index < -0.39 is 0 Å². The highest BCUT2D eigenvalue weighted by molar-refractivity contribution is 9.10. The minimum atomic E-state index is -0.308. The molecule has 0 amide bonds. The molecule has 2 heterocycles. The maximum Gasteiger partial charge on any atom is 0.166 e. The summed E-state index contributed by atoms with van der Waals surface area (Å²) in [5, 5.41) is 3.09. The van der Waals surface area contributed by atoms with Gasteiger partial charge in [-0.05, 0) is 48.4 Å². The molecule has 5 heteroatoms. The first-order chi connectivity index (χ1) is 8.16. The van der Waals surface area contributed by atoms with E-state index in [0.29, 0.717) is 16.3 Å². The Hall–Kier alpha value is -0.680. The first-order valence-electron chi connectivity index (χ1n) is 5.92. The molecule has 1 unspecified atom stereocenters. The number of pyridine rings is 1. The first-order valence-corrected chi connectivity index (χ1v) is 6.71. The number of rotatable bonds is 3. The van der Waals surface area contributed by atoms with Crippen LogP contribution in [0.15, 0.2) is 16.7 Å². The van der Waals surface area contributed by atoms with Crippen LogP contribution in [0.4, 0.5) is 10.2 Å². The molecule has 1 aliphatic rings. The Labute approximate surface area is 110 Å². The molecule has 1 fully saturated rings. The summed E-state index contributed by atoms with van der Waals surface area (Å²) in [5.74, 6) is 0.0324. The van der Waals surface area contributed by atoms with Gasteiger partial charge in [0.15, 0.2) is 11.6 Å². The van der Waals surface area contributed by atoms with Crippen molar-refractivity contribution in [2.45, 2.75) is 25.3 Å². The quantitative estimate of drug-likeness (QED) is 0.930. The lowest BCUT2D eigenvalue weighted by atomic mass is 10.0. The molecule has 0 spiro atoms. The smallest absolute Gasteiger partial charge is 0.166 e. The number of aromatic nitrogens is 1. The van der Waals surface area contributed by atoms with Gasteiger partial charge in [-0.2, -0.15) is 0 Å². The summed E-state index contributed by atoms with van der Waals surface area (Å²) in [6.07, 6.45) is 5.29. The van der Waals surface area contributed by atoms with Crippen LogP contribution >= 0.6 is 15.9 Å². The minimum absolute atomic E-state index is 0.308. The lowest BCUT2D eigenvalue weighted by molar-refractivity contribution is 0.194. The summed E-state index contributed by atoms with van der Waals surface area (Å²) in [6.45, 7) is 1.88. The molecule has 0 saturated carbocycles. The maximum absolute atomic E-state index is 13.5. The van der Waals surface area contributed by atoms with Crippen LogP contribution < -0.4 is 5.32 Å². The SMILES string of the molecule is CN1CCCCC1CNc1ncc(Br)cc1F. The largest absolute Gasteiger partial charge is 0.366 e. The van der Waals surface area contributed by atoms with Crippen molar-refractivity contribution >= 4 is 21.7 Å². The fraction of sp³-hybridized carbons (Fsp3) is 0.583. The van der Waals surface area contributed by atoms with Crippen LogP contribution in [0.3, 0.4) is 0 Å². The van der Waals surface area contributed by atoms with Crippen molar-refractivity contribution in [1.29, 1.82) is 0 Å². The number of likely N-dealkylation sites (N-methyl/N-ethyl adjacent to an activating group) is 1. The average Bonchev–Trinajstić information content (AvgIpc) is 2.30. The number of halogens is 2. The molecule has 94 valence electrons. The molecule has 3 nitrogen and oxygen atoms in total. The molecule has 0 aliphatic carbocycles. The van der Waals surface area contributed by atoms with E-state index in [0.717, 1.165) is 13.1 Å². The topological polar surface area (TPSA) is 28.2 Å². The number of piperidine rings is 1. The van der Waals surface area contributed by atoms with E-state index >= 15 is 0 Å². The fourth-order valence-corrected chi connectivity index (χ4v) is 2.46. The zero-order valence-corrected chi connectivity index (χ0v) is 11.5. The Morgan fingerprint density at radius 3 is 3.12 bits per heavy atom. The second-order valence-corrected chi connectivity index (χ2v) is 5.41. The molecule has 1 aliphatic heterocycles. The van der Waals surface area contributed by atoms with E-state index in [1.807, 2.05) is 0 Å². The van der Waals surface area contributed by atoms with Gasteiger partial charge in [0.1, 0.15) is 0 Å². The summed E-state index contributed by atoms with van der Waals surface area (Å²) in [7, 11) is 2.12. The van der Waals surface area contributed by atoms with Gasteiger partial charge >= 0.3 is 0 Å². The standard InChI is InChI=1S/C12H17BrFN3/c1-17-5-3-2-4-10(17)8-16-12-11(14)6-9(13)7-15-12/h6-7,10H,2-5,8H2,1H3,(H,15,16). The van der Waals surface area contributed by atoms with Gasteiger partial charge in [0, 0.05) is 23.3 Å². The van der Waals surface area contributed by atoms with Crippen LogP contribution in [0, 0.1) is 5.82 Å². The molecule has 17 heavy (non-hydrogen) atoms. The second kappa shape index (κ2) is 5.78. The van der Waals surface area contributed by atoms with E-state index in [2.05, 4.69) is 38.2 Å². The molecule has 0 radical (unpaired) electrons. The second-order valence-electron chi connectivity index (χ2n) is 4.50. The normalized spacial score (nSPS) is 21.5. The monoisotopic (exact) mass is 301 g/mol. The molecule has 1 atom stereocenters. The summed E-state index contributed by atoms with van der Waals surface area (Å²) < 4.78 is 14.2. The van der Waals surface area contributed by atoms with E-state index in [4.69, 9.17) is 0 Å². The number of hydrogen-bond acceptors (Lipinski definition) is 3. The number of nitrogens with zero attached hydrogens (tertiary/aromatic N) is 2. The molecular formula is C12H17BrFN3. The highest BCUT2D eigenvalue weighted by Crippen LogP contribution is 2.18. The Kier molecular flexibility index (Phi) is 4.34.